The second kappa shape index (κ2) is 4.31. The molecule has 0 saturated heterocycles. The number of nitrogen functional groups attached to an aromatic ring is 1. The summed E-state index contributed by atoms with van der Waals surface area (Å²) >= 11 is 13.3. The standard InChI is InChI=1S/C10H8Cl2N2S/c11-7-3-9(13)10(4-8(7)12)14-6-1-2-15-5-6/h1-5,14H,13H2. The Bertz CT molecular complexity index is 469. The van der Waals surface area contributed by atoms with Crippen molar-refractivity contribution in [2.45, 2.75) is 0 Å². The highest BCUT2D eigenvalue weighted by Gasteiger charge is 2.05. The van der Waals surface area contributed by atoms with Crippen LogP contribution in [0.5, 0.6) is 0 Å². The molecule has 5 heteroatoms. The lowest BCUT2D eigenvalue weighted by Gasteiger charge is -2.08. The van der Waals surface area contributed by atoms with Crippen molar-refractivity contribution in [2.75, 3.05) is 11.1 Å². The van der Waals surface area contributed by atoms with Crippen LogP contribution in [0.25, 0.3) is 0 Å². The first kappa shape index (κ1) is 10.6. The van der Waals surface area contributed by atoms with Gasteiger partial charge in [0.25, 0.3) is 0 Å². The lowest BCUT2D eigenvalue weighted by molar-refractivity contribution is 1.58. The van der Waals surface area contributed by atoms with E-state index in [2.05, 4.69) is 5.32 Å². The number of nitrogens with one attached hydrogen (secondary N) is 1. The van der Waals surface area contributed by atoms with Crippen LogP contribution >= 0.6 is 34.5 Å². The van der Waals surface area contributed by atoms with Crippen molar-refractivity contribution in [1.29, 1.82) is 0 Å². The molecule has 2 rings (SSSR count). The minimum Gasteiger partial charge on any atom is -0.397 e. The van der Waals surface area contributed by atoms with Crippen molar-refractivity contribution in [3.63, 3.8) is 0 Å². The molecule has 0 aliphatic heterocycles. The van der Waals surface area contributed by atoms with Gasteiger partial charge in [-0.25, -0.2) is 0 Å². The second-order valence-corrected chi connectivity index (χ2v) is 4.59. The largest absolute Gasteiger partial charge is 0.397 e. The third-order valence-corrected chi connectivity index (χ3v) is 3.30. The molecule has 2 nitrogen and oxygen atoms in total. The predicted octanol–water partition coefficient (Wildman–Crippen LogP) is 4.38. The number of halogens is 2. The summed E-state index contributed by atoms with van der Waals surface area (Å²) in [4.78, 5) is 0. The van der Waals surface area contributed by atoms with Crippen molar-refractivity contribution in [2.24, 2.45) is 0 Å². The van der Waals surface area contributed by atoms with Gasteiger partial charge in [-0.05, 0) is 23.6 Å². The van der Waals surface area contributed by atoms with Crippen molar-refractivity contribution in [1.82, 2.24) is 0 Å². The summed E-state index contributed by atoms with van der Waals surface area (Å²) in [5, 5.41) is 8.09. The number of anilines is 3. The minimum atomic E-state index is 0.463. The van der Waals surface area contributed by atoms with Crippen LogP contribution in [0.2, 0.25) is 10.0 Å². The number of hydrogen-bond donors (Lipinski definition) is 2. The SMILES string of the molecule is Nc1cc(Cl)c(Cl)cc1Nc1ccsc1. The van der Waals surface area contributed by atoms with Crippen LogP contribution in [-0.2, 0) is 0 Å². The maximum atomic E-state index is 5.90. The Labute approximate surface area is 102 Å². The van der Waals surface area contributed by atoms with E-state index < -0.39 is 0 Å². The fraction of sp³-hybridized carbons (Fsp3) is 0. The average Bonchev–Trinajstić information content (AvgIpc) is 2.67. The third-order valence-electron chi connectivity index (χ3n) is 1.89. The van der Waals surface area contributed by atoms with Gasteiger partial charge in [-0.15, -0.1) is 0 Å². The fourth-order valence-electron chi connectivity index (χ4n) is 1.16. The molecule has 3 N–H and O–H groups in total. The van der Waals surface area contributed by atoms with Gasteiger partial charge in [0.05, 0.1) is 21.4 Å². The molecule has 15 heavy (non-hydrogen) atoms. The molecule has 2 aromatic rings. The zero-order valence-electron chi connectivity index (χ0n) is 7.63. The quantitative estimate of drug-likeness (QED) is 0.785. The van der Waals surface area contributed by atoms with Gasteiger partial charge in [0, 0.05) is 11.1 Å². The summed E-state index contributed by atoms with van der Waals surface area (Å²) in [6.07, 6.45) is 0. The summed E-state index contributed by atoms with van der Waals surface area (Å²) in [6, 6.07) is 5.32. The third kappa shape index (κ3) is 2.37. The Morgan fingerprint density at radius 3 is 2.60 bits per heavy atom. The Balaban J connectivity index is 2.33. The molecule has 1 aromatic heterocycles. The summed E-state index contributed by atoms with van der Waals surface area (Å²) in [5.41, 5.74) is 8.14. The van der Waals surface area contributed by atoms with Gasteiger partial charge in [0.2, 0.25) is 0 Å². The van der Waals surface area contributed by atoms with Crippen molar-refractivity contribution >= 4 is 51.6 Å². The number of benzene rings is 1. The molecule has 0 aliphatic carbocycles. The number of rotatable bonds is 2. The molecular formula is C10H8Cl2N2S. The summed E-state index contributed by atoms with van der Waals surface area (Å²) in [7, 11) is 0. The highest BCUT2D eigenvalue weighted by molar-refractivity contribution is 7.08. The molecule has 0 spiro atoms. The minimum absolute atomic E-state index is 0.463. The monoisotopic (exact) mass is 258 g/mol. The van der Waals surface area contributed by atoms with E-state index in [4.69, 9.17) is 28.9 Å². The van der Waals surface area contributed by atoms with E-state index in [9.17, 15) is 0 Å². The Morgan fingerprint density at radius 2 is 1.93 bits per heavy atom. The Hall–Kier alpha value is -0.900. The van der Waals surface area contributed by atoms with Gasteiger partial charge in [-0.1, -0.05) is 23.2 Å². The second-order valence-electron chi connectivity index (χ2n) is 2.99. The first-order chi connectivity index (χ1) is 7.16. The van der Waals surface area contributed by atoms with Crippen molar-refractivity contribution < 1.29 is 0 Å². The topological polar surface area (TPSA) is 38.0 Å². The molecule has 0 unspecified atom stereocenters. The van der Waals surface area contributed by atoms with E-state index in [1.54, 1.807) is 23.5 Å². The maximum absolute atomic E-state index is 5.90. The van der Waals surface area contributed by atoms with Crippen LogP contribution in [0.4, 0.5) is 17.1 Å². The molecule has 0 bridgehead atoms. The molecule has 0 aliphatic rings. The van der Waals surface area contributed by atoms with Crippen LogP contribution in [0.1, 0.15) is 0 Å². The molecule has 78 valence electrons. The fourth-order valence-corrected chi connectivity index (χ4v) is 2.09. The molecule has 0 radical (unpaired) electrons. The Kier molecular flexibility index (Phi) is 3.05. The highest BCUT2D eigenvalue weighted by atomic mass is 35.5. The van der Waals surface area contributed by atoms with E-state index in [0.717, 1.165) is 11.4 Å². The highest BCUT2D eigenvalue weighted by Crippen LogP contribution is 2.32. The summed E-state index contributed by atoms with van der Waals surface area (Å²) < 4.78 is 0. The average molecular weight is 259 g/mol. The van der Waals surface area contributed by atoms with Gasteiger partial charge < -0.3 is 11.1 Å². The molecule has 1 aromatic carbocycles. The van der Waals surface area contributed by atoms with Crippen LogP contribution in [0.3, 0.4) is 0 Å². The van der Waals surface area contributed by atoms with E-state index in [1.165, 1.54) is 0 Å². The lowest BCUT2D eigenvalue weighted by atomic mass is 10.2. The number of nitrogens with two attached hydrogens (primary N) is 1. The van der Waals surface area contributed by atoms with E-state index in [-0.39, 0.29) is 0 Å². The van der Waals surface area contributed by atoms with E-state index >= 15 is 0 Å². The predicted molar refractivity (Wildman–Crippen MR) is 68.5 cm³/mol. The first-order valence-electron chi connectivity index (χ1n) is 4.20. The number of thiophene rings is 1. The zero-order valence-corrected chi connectivity index (χ0v) is 9.96. The van der Waals surface area contributed by atoms with Crippen LogP contribution in [0, 0.1) is 0 Å². The zero-order chi connectivity index (χ0) is 10.8. The van der Waals surface area contributed by atoms with Gasteiger partial charge in [-0.2, -0.15) is 11.3 Å². The van der Waals surface area contributed by atoms with Crippen LogP contribution in [-0.4, -0.2) is 0 Å². The summed E-state index contributed by atoms with van der Waals surface area (Å²) in [6.45, 7) is 0. The van der Waals surface area contributed by atoms with Gasteiger partial charge in [0.1, 0.15) is 0 Å². The van der Waals surface area contributed by atoms with Crippen LogP contribution in [0.15, 0.2) is 29.0 Å². The van der Waals surface area contributed by atoms with Gasteiger partial charge in [-0.3, -0.25) is 0 Å². The van der Waals surface area contributed by atoms with E-state index in [0.29, 0.717) is 15.7 Å². The van der Waals surface area contributed by atoms with Crippen molar-refractivity contribution in [3.8, 4) is 0 Å². The van der Waals surface area contributed by atoms with Crippen molar-refractivity contribution in [3.05, 3.63) is 39.0 Å². The number of hydrogen-bond acceptors (Lipinski definition) is 3. The first-order valence-corrected chi connectivity index (χ1v) is 5.90. The molecule has 0 atom stereocenters. The smallest absolute Gasteiger partial charge is 0.0634 e. The molecule has 1 heterocycles. The molecule has 0 saturated carbocycles. The van der Waals surface area contributed by atoms with Crippen LogP contribution < -0.4 is 11.1 Å². The van der Waals surface area contributed by atoms with Gasteiger partial charge >= 0.3 is 0 Å². The van der Waals surface area contributed by atoms with E-state index in [1.807, 2.05) is 16.8 Å². The van der Waals surface area contributed by atoms with Gasteiger partial charge in [0.15, 0.2) is 0 Å². The maximum Gasteiger partial charge on any atom is 0.0634 e. The normalized spacial score (nSPS) is 10.3. The molecular weight excluding hydrogens is 251 g/mol. The Morgan fingerprint density at radius 1 is 1.20 bits per heavy atom. The molecule has 0 amide bonds. The summed E-state index contributed by atoms with van der Waals surface area (Å²) in [5.74, 6) is 0. The lowest BCUT2D eigenvalue weighted by Crippen LogP contribution is -1.95. The molecule has 0 fully saturated rings.